The number of benzene rings is 2. The Balaban J connectivity index is 1.74. The van der Waals surface area contributed by atoms with Crippen LogP contribution in [-0.2, 0) is 9.59 Å². The number of hydrogen-bond donors (Lipinski definition) is 2. The van der Waals surface area contributed by atoms with Gasteiger partial charge in [0.25, 0.3) is 0 Å². The van der Waals surface area contributed by atoms with E-state index >= 15 is 0 Å². The summed E-state index contributed by atoms with van der Waals surface area (Å²) in [5.74, 6) is -0.176. The molecule has 1 unspecified atom stereocenters. The quantitative estimate of drug-likeness (QED) is 0.781. The van der Waals surface area contributed by atoms with Gasteiger partial charge in [-0.15, -0.1) is 11.8 Å². The van der Waals surface area contributed by atoms with Gasteiger partial charge in [0.2, 0.25) is 11.8 Å². The summed E-state index contributed by atoms with van der Waals surface area (Å²) in [4.78, 5) is 27.1. The van der Waals surface area contributed by atoms with Crippen molar-refractivity contribution >= 4 is 52.2 Å². The van der Waals surface area contributed by atoms with Crippen molar-refractivity contribution in [1.29, 1.82) is 0 Å². The Labute approximate surface area is 168 Å². The number of amides is 2. The minimum atomic E-state index is -0.160. The fourth-order valence-electron chi connectivity index (χ4n) is 2.95. The third kappa shape index (κ3) is 4.96. The molecule has 2 aromatic carbocycles. The SMILES string of the molecule is CC(=O)Nc1ccc(Cl)c(NCC(=O)N2CCC(C)Sc3ccccc32)c1. The molecule has 5 nitrogen and oxygen atoms in total. The lowest BCUT2D eigenvalue weighted by molar-refractivity contribution is -0.117. The van der Waals surface area contributed by atoms with Crippen LogP contribution in [0.25, 0.3) is 0 Å². The number of carbonyl (C=O) groups is 2. The molecule has 3 rings (SSSR count). The van der Waals surface area contributed by atoms with Crippen molar-refractivity contribution in [2.45, 2.75) is 30.4 Å². The third-order valence-corrected chi connectivity index (χ3v) is 5.83. The van der Waals surface area contributed by atoms with Gasteiger partial charge < -0.3 is 15.5 Å². The van der Waals surface area contributed by atoms with E-state index in [1.165, 1.54) is 6.92 Å². The van der Waals surface area contributed by atoms with Crippen molar-refractivity contribution < 1.29 is 9.59 Å². The summed E-state index contributed by atoms with van der Waals surface area (Å²) < 4.78 is 0. The highest BCUT2D eigenvalue weighted by Crippen LogP contribution is 2.37. The fraction of sp³-hybridized carbons (Fsp3) is 0.300. The van der Waals surface area contributed by atoms with Crippen LogP contribution in [0.3, 0.4) is 0 Å². The smallest absolute Gasteiger partial charge is 0.246 e. The van der Waals surface area contributed by atoms with Gasteiger partial charge in [-0.05, 0) is 36.8 Å². The van der Waals surface area contributed by atoms with Gasteiger partial charge in [0, 0.05) is 29.3 Å². The second-order valence-electron chi connectivity index (χ2n) is 6.46. The minimum Gasteiger partial charge on any atom is -0.375 e. The molecule has 1 aliphatic heterocycles. The lowest BCUT2D eigenvalue weighted by atomic mass is 10.2. The Hall–Kier alpha value is -2.18. The summed E-state index contributed by atoms with van der Waals surface area (Å²) in [6, 6.07) is 13.1. The van der Waals surface area contributed by atoms with Gasteiger partial charge in [-0.3, -0.25) is 9.59 Å². The van der Waals surface area contributed by atoms with Gasteiger partial charge in [0.05, 0.1) is 22.9 Å². The number of rotatable bonds is 4. The van der Waals surface area contributed by atoms with Gasteiger partial charge in [-0.1, -0.05) is 30.7 Å². The van der Waals surface area contributed by atoms with Crippen LogP contribution in [-0.4, -0.2) is 30.2 Å². The van der Waals surface area contributed by atoms with Crippen LogP contribution >= 0.6 is 23.4 Å². The zero-order valence-corrected chi connectivity index (χ0v) is 16.9. The highest BCUT2D eigenvalue weighted by molar-refractivity contribution is 8.00. The summed E-state index contributed by atoms with van der Waals surface area (Å²) >= 11 is 8.03. The number of thioether (sulfide) groups is 1. The summed E-state index contributed by atoms with van der Waals surface area (Å²) in [5.41, 5.74) is 2.20. The molecule has 7 heteroatoms. The molecule has 0 bridgehead atoms. The van der Waals surface area contributed by atoms with Gasteiger partial charge in [-0.25, -0.2) is 0 Å². The lowest BCUT2D eigenvalue weighted by Crippen LogP contribution is -2.36. The van der Waals surface area contributed by atoms with Crippen molar-refractivity contribution in [3.63, 3.8) is 0 Å². The first-order valence-electron chi connectivity index (χ1n) is 8.81. The molecule has 1 aliphatic rings. The van der Waals surface area contributed by atoms with Crippen molar-refractivity contribution in [1.82, 2.24) is 0 Å². The molecule has 1 heterocycles. The van der Waals surface area contributed by atoms with E-state index in [9.17, 15) is 9.59 Å². The summed E-state index contributed by atoms with van der Waals surface area (Å²) in [6.45, 7) is 4.43. The maximum Gasteiger partial charge on any atom is 0.246 e. The van der Waals surface area contributed by atoms with Crippen molar-refractivity contribution in [3.05, 3.63) is 47.5 Å². The fourth-order valence-corrected chi connectivity index (χ4v) is 4.25. The first-order chi connectivity index (χ1) is 12.9. The lowest BCUT2D eigenvalue weighted by Gasteiger charge is -2.23. The second kappa shape index (κ2) is 8.67. The average Bonchev–Trinajstić information content (AvgIpc) is 2.79. The largest absolute Gasteiger partial charge is 0.375 e. The first kappa shape index (κ1) is 19.6. The molecule has 2 aromatic rings. The van der Waals surface area contributed by atoms with Crippen LogP contribution in [0.15, 0.2) is 47.4 Å². The minimum absolute atomic E-state index is 0.0156. The molecular formula is C20H22ClN3O2S. The van der Waals surface area contributed by atoms with Gasteiger partial charge in [0.15, 0.2) is 0 Å². The zero-order chi connectivity index (χ0) is 19.4. The topological polar surface area (TPSA) is 61.4 Å². The molecule has 142 valence electrons. The van der Waals surface area contributed by atoms with E-state index in [1.807, 2.05) is 23.1 Å². The Morgan fingerprint density at radius 1 is 1.26 bits per heavy atom. The van der Waals surface area contributed by atoms with Crippen LogP contribution in [0.2, 0.25) is 5.02 Å². The zero-order valence-electron chi connectivity index (χ0n) is 15.3. The van der Waals surface area contributed by atoms with E-state index in [2.05, 4.69) is 23.6 Å². The maximum absolute atomic E-state index is 12.9. The molecule has 0 radical (unpaired) electrons. The number of halogens is 1. The highest BCUT2D eigenvalue weighted by Gasteiger charge is 2.23. The van der Waals surface area contributed by atoms with Crippen LogP contribution in [0.1, 0.15) is 20.3 Å². The molecule has 0 aromatic heterocycles. The standard InChI is InChI=1S/C20H22ClN3O2S/c1-13-9-10-24(18-5-3-4-6-19(18)27-13)20(26)12-22-17-11-15(23-14(2)25)7-8-16(17)21/h3-8,11,13,22H,9-10,12H2,1-2H3,(H,23,25). The normalized spacial score (nSPS) is 16.3. The number of anilines is 3. The highest BCUT2D eigenvalue weighted by atomic mass is 35.5. The Kier molecular flexibility index (Phi) is 6.29. The van der Waals surface area contributed by atoms with Gasteiger partial charge >= 0.3 is 0 Å². The predicted molar refractivity (Wildman–Crippen MR) is 113 cm³/mol. The van der Waals surface area contributed by atoms with E-state index < -0.39 is 0 Å². The summed E-state index contributed by atoms with van der Waals surface area (Å²) in [5, 5.41) is 6.78. The number of fused-ring (bicyclic) bond motifs is 1. The molecule has 0 fully saturated rings. The molecule has 0 spiro atoms. The number of para-hydroxylation sites is 1. The van der Waals surface area contributed by atoms with E-state index in [4.69, 9.17) is 11.6 Å². The van der Waals surface area contributed by atoms with E-state index in [0.29, 0.717) is 28.2 Å². The predicted octanol–water partition coefficient (Wildman–Crippen LogP) is 4.63. The number of nitrogens with zero attached hydrogens (tertiary/aromatic N) is 1. The maximum atomic E-state index is 12.9. The van der Waals surface area contributed by atoms with Gasteiger partial charge in [-0.2, -0.15) is 0 Å². The van der Waals surface area contributed by atoms with Gasteiger partial charge in [0.1, 0.15) is 0 Å². The van der Waals surface area contributed by atoms with Crippen molar-refractivity contribution in [3.8, 4) is 0 Å². The molecule has 2 amide bonds. The molecule has 1 atom stereocenters. The summed E-state index contributed by atoms with van der Waals surface area (Å²) in [6.07, 6.45) is 0.934. The Morgan fingerprint density at radius 2 is 2.04 bits per heavy atom. The third-order valence-electron chi connectivity index (χ3n) is 4.26. The Bertz CT molecular complexity index is 859. The van der Waals surface area contributed by atoms with Crippen LogP contribution in [0.4, 0.5) is 17.1 Å². The molecular weight excluding hydrogens is 382 g/mol. The molecule has 2 N–H and O–H groups in total. The molecule has 0 aliphatic carbocycles. The molecule has 0 saturated carbocycles. The van der Waals surface area contributed by atoms with Crippen LogP contribution in [0.5, 0.6) is 0 Å². The average molecular weight is 404 g/mol. The first-order valence-corrected chi connectivity index (χ1v) is 10.1. The van der Waals surface area contributed by atoms with E-state index in [0.717, 1.165) is 17.0 Å². The van der Waals surface area contributed by atoms with E-state index in [1.54, 1.807) is 30.0 Å². The van der Waals surface area contributed by atoms with Crippen LogP contribution in [0, 0.1) is 0 Å². The molecule has 0 saturated heterocycles. The molecule has 27 heavy (non-hydrogen) atoms. The van der Waals surface area contributed by atoms with Crippen LogP contribution < -0.4 is 15.5 Å². The van der Waals surface area contributed by atoms with Crippen molar-refractivity contribution in [2.24, 2.45) is 0 Å². The number of hydrogen-bond acceptors (Lipinski definition) is 4. The van der Waals surface area contributed by atoms with E-state index in [-0.39, 0.29) is 18.4 Å². The number of carbonyl (C=O) groups excluding carboxylic acids is 2. The number of nitrogens with one attached hydrogen (secondary N) is 2. The monoisotopic (exact) mass is 403 g/mol. The van der Waals surface area contributed by atoms with Crippen molar-refractivity contribution in [2.75, 3.05) is 28.6 Å². The second-order valence-corrected chi connectivity index (χ2v) is 8.35. The summed E-state index contributed by atoms with van der Waals surface area (Å²) in [7, 11) is 0. The Morgan fingerprint density at radius 3 is 2.81 bits per heavy atom.